The van der Waals surface area contributed by atoms with Crippen LogP contribution in [0.15, 0.2) is 42.2 Å². The van der Waals surface area contributed by atoms with Crippen LogP contribution in [0.1, 0.15) is 22.8 Å². The number of allylic oxidation sites excluding steroid dienone is 1. The van der Waals surface area contributed by atoms with Crippen LogP contribution in [0.4, 0.5) is 0 Å². The molecule has 0 aromatic heterocycles. The van der Waals surface area contributed by atoms with Gasteiger partial charge in [-0.05, 0) is 37.3 Å². The Bertz CT molecular complexity index is 932. The number of ketones is 1. The van der Waals surface area contributed by atoms with Crippen LogP contribution in [0.2, 0.25) is 0 Å². The maximum absolute atomic E-state index is 12.6. The molecule has 1 unspecified atom stereocenters. The number of carbonyl (C=O) groups is 2. The second-order valence-electron chi connectivity index (χ2n) is 5.74. The molecule has 140 valence electrons. The van der Waals surface area contributed by atoms with Gasteiger partial charge in [-0.3, -0.25) is 9.59 Å². The minimum absolute atomic E-state index is 0.141. The van der Waals surface area contributed by atoms with E-state index in [2.05, 4.69) is 0 Å². The first-order valence-corrected chi connectivity index (χ1v) is 8.52. The highest BCUT2D eigenvalue weighted by molar-refractivity contribution is 6.29. The summed E-state index contributed by atoms with van der Waals surface area (Å²) in [7, 11) is 3.09. The predicted molar refractivity (Wildman–Crippen MR) is 99.9 cm³/mol. The van der Waals surface area contributed by atoms with Gasteiger partial charge >= 0.3 is 5.97 Å². The number of Topliss-reactive ketones (excluding diaryl/α,β-unsaturated/α-hetero) is 1. The largest absolute Gasteiger partial charge is 0.497 e. The Kier molecular flexibility index (Phi) is 5.37. The second kappa shape index (κ2) is 7.72. The van der Waals surface area contributed by atoms with Crippen LogP contribution in [-0.4, -0.2) is 31.3 Å². The number of hydrogen-bond acceptors (Lipinski definition) is 6. The lowest BCUT2D eigenvalue weighted by Crippen LogP contribution is -2.17. The smallest absolute Gasteiger partial charge is 0.329 e. The van der Waals surface area contributed by atoms with Crippen molar-refractivity contribution in [3.63, 3.8) is 0 Å². The molecular weight excluding hydrogens is 372 g/mol. The molecule has 0 bridgehead atoms. The molecule has 3 rings (SSSR count). The van der Waals surface area contributed by atoms with Gasteiger partial charge in [0.15, 0.2) is 5.76 Å². The van der Waals surface area contributed by atoms with Gasteiger partial charge in [-0.15, -0.1) is 11.6 Å². The average molecular weight is 389 g/mol. The third-order valence-corrected chi connectivity index (χ3v) is 4.09. The summed E-state index contributed by atoms with van der Waals surface area (Å²) in [5, 5.41) is -0.779. The van der Waals surface area contributed by atoms with Gasteiger partial charge in [-0.1, -0.05) is 0 Å². The molecule has 27 heavy (non-hydrogen) atoms. The Morgan fingerprint density at radius 1 is 1.11 bits per heavy atom. The van der Waals surface area contributed by atoms with E-state index in [0.29, 0.717) is 28.4 Å². The Morgan fingerprint density at radius 3 is 2.52 bits per heavy atom. The fourth-order valence-electron chi connectivity index (χ4n) is 2.51. The zero-order valence-corrected chi connectivity index (χ0v) is 15.7. The van der Waals surface area contributed by atoms with E-state index in [9.17, 15) is 9.59 Å². The summed E-state index contributed by atoms with van der Waals surface area (Å²) in [5.74, 6) is 1.03. The van der Waals surface area contributed by atoms with Gasteiger partial charge in [-0.25, -0.2) is 0 Å². The number of hydrogen-bond donors (Lipinski definition) is 0. The van der Waals surface area contributed by atoms with Crippen molar-refractivity contribution in [2.75, 3.05) is 14.2 Å². The first-order chi connectivity index (χ1) is 12.9. The molecule has 0 N–H and O–H groups in total. The van der Waals surface area contributed by atoms with Crippen LogP contribution >= 0.6 is 11.6 Å². The Labute approximate surface area is 161 Å². The van der Waals surface area contributed by atoms with Gasteiger partial charge in [-0.2, -0.15) is 0 Å². The zero-order valence-electron chi connectivity index (χ0n) is 14.9. The van der Waals surface area contributed by atoms with Crippen molar-refractivity contribution in [1.29, 1.82) is 0 Å². The highest BCUT2D eigenvalue weighted by atomic mass is 35.5. The number of carbonyl (C=O) groups excluding carboxylic acids is 2. The fourth-order valence-corrected chi connectivity index (χ4v) is 2.55. The topological polar surface area (TPSA) is 71.1 Å². The fraction of sp³-hybridized carbons (Fsp3) is 0.200. The molecule has 0 saturated carbocycles. The van der Waals surface area contributed by atoms with Crippen LogP contribution in [0.3, 0.4) is 0 Å². The third kappa shape index (κ3) is 3.90. The van der Waals surface area contributed by atoms with Crippen molar-refractivity contribution in [1.82, 2.24) is 0 Å². The van der Waals surface area contributed by atoms with Crippen LogP contribution in [0.25, 0.3) is 6.08 Å². The van der Waals surface area contributed by atoms with Gasteiger partial charge in [0.2, 0.25) is 5.78 Å². The van der Waals surface area contributed by atoms with Gasteiger partial charge in [0.1, 0.15) is 28.4 Å². The van der Waals surface area contributed by atoms with Crippen LogP contribution in [-0.2, 0) is 4.79 Å². The van der Waals surface area contributed by atoms with E-state index in [1.165, 1.54) is 26.2 Å². The normalized spacial score (nSPS) is 15.1. The molecular formula is C20H17ClO6. The second-order valence-corrected chi connectivity index (χ2v) is 6.40. The lowest BCUT2D eigenvalue weighted by Gasteiger charge is -2.08. The minimum atomic E-state index is -0.779. The Morgan fingerprint density at radius 2 is 1.85 bits per heavy atom. The van der Waals surface area contributed by atoms with Gasteiger partial charge < -0.3 is 18.9 Å². The van der Waals surface area contributed by atoms with Gasteiger partial charge in [0.05, 0.1) is 19.8 Å². The van der Waals surface area contributed by atoms with E-state index < -0.39 is 11.3 Å². The summed E-state index contributed by atoms with van der Waals surface area (Å²) in [6.45, 7) is 1.51. The molecule has 0 spiro atoms. The summed E-state index contributed by atoms with van der Waals surface area (Å²) in [4.78, 5) is 24.2. The van der Waals surface area contributed by atoms with Crippen LogP contribution in [0.5, 0.6) is 23.0 Å². The van der Waals surface area contributed by atoms with E-state index in [4.69, 9.17) is 30.5 Å². The third-order valence-electron chi connectivity index (χ3n) is 3.91. The highest BCUT2D eigenvalue weighted by Crippen LogP contribution is 2.36. The molecule has 2 aromatic rings. The summed E-state index contributed by atoms with van der Waals surface area (Å²) < 4.78 is 21.3. The SMILES string of the molecule is COc1ccc(/C=C2\Oc3cc(OC(=O)C(C)Cl)ccc3C2=O)c(OC)c1. The standard InChI is InChI=1S/C20H17ClO6/c1-11(21)20(23)26-14-6-7-15-17(10-14)27-18(19(15)22)8-12-4-5-13(24-2)9-16(12)25-3/h4-11H,1-3H3/b18-8-. The van der Waals surface area contributed by atoms with E-state index in [0.717, 1.165) is 0 Å². The molecule has 0 fully saturated rings. The maximum atomic E-state index is 12.6. The maximum Gasteiger partial charge on any atom is 0.329 e. The first kappa shape index (κ1) is 18.8. The molecule has 6 nitrogen and oxygen atoms in total. The van der Waals surface area contributed by atoms with Crippen molar-refractivity contribution < 1.29 is 28.5 Å². The molecule has 0 aliphatic carbocycles. The molecule has 2 aromatic carbocycles. The van der Waals surface area contributed by atoms with E-state index >= 15 is 0 Å². The Balaban J connectivity index is 1.88. The number of rotatable bonds is 5. The van der Waals surface area contributed by atoms with Crippen molar-refractivity contribution in [2.24, 2.45) is 0 Å². The average Bonchev–Trinajstić information content (AvgIpc) is 2.97. The number of halogens is 1. The van der Waals surface area contributed by atoms with Gasteiger partial charge in [0.25, 0.3) is 0 Å². The molecule has 1 heterocycles. The van der Waals surface area contributed by atoms with Crippen molar-refractivity contribution in [2.45, 2.75) is 12.3 Å². The summed E-state index contributed by atoms with van der Waals surface area (Å²) in [5.41, 5.74) is 1.05. The first-order valence-electron chi connectivity index (χ1n) is 8.09. The Hall–Kier alpha value is -2.99. The summed E-state index contributed by atoms with van der Waals surface area (Å²) in [6.07, 6.45) is 1.59. The van der Waals surface area contributed by atoms with E-state index in [1.54, 1.807) is 37.5 Å². The number of esters is 1. The van der Waals surface area contributed by atoms with Crippen molar-refractivity contribution >= 4 is 29.4 Å². The number of ether oxygens (including phenoxy) is 4. The van der Waals surface area contributed by atoms with E-state index in [-0.39, 0.29) is 17.3 Å². The molecule has 1 aliphatic rings. The van der Waals surface area contributed by atoms with E-state index in [1.807, 2.05) is 0 Å². The van der Waals surface area contributed by atoms with Crippen LogP contribution < -0.4 is 18.9 Å². The lowest BCUT2D eigenvalue weighted by molar-refractivity contribution is -0.133. The molecule has 0 amide bonds. The zero-order chi connectivity index (χ0) is 19.6. The molecule has 0 saturated heterocycles. The van der Waals surface area contributed by atoms with Crippen molar-refractivity contribution in [3.05, 3.63) is 53.3 Å². The van der Waals surface area contributed by atoms with Crippen LogP contribution in [0, 0.1) is 0 Å². The minimum Gasteiger partial charge on any atom is -0.497 e. The molecule has 1 atom stereocenters. The van der Waals surface area contributed by atoms with Gasteiger partial charge in [0, 0.05) is 17.7 Å². The van der Waals surface area contributed by atoms with Crippen molar-refractivity contribution in [3.8, 4) is 23.0 Å². The molecule has 7 heteroatoms. The molecule has 1 aliphatic heterocycles. The quantitative estimate of drug-likeness (QED) is 0.335. The highest BCUT2D eigenvalue weighted by Gasteiger charge is 2.28. The number of fused-ring (bicyclic) bond motifs is 1. The lowest BCUT2D eigenvalue weighted by atomic mass is 10.1. The predicted octanol–water partition coefficient (Wildman–Crippen LogP) is 3.85. The summed E-state index contributed by atoms with van der Waals surface area (Å²) in [6, 6.07) is 9.78. The monoisotopic (exact) mass is 388 g/mol. The summed E-state index contributed by atoms with van der Waals surface area (Å²) >= 11 is 5.69. The number of methoxy groups -OCH3 is 2. The number of alkyl halides is 1. The molecule has 0 radical (unpaired) electrons. The number of benzene rings is 2.